The maximum atomic E-state index is 9.62. The first-order chi connectivity index (χ1) is 6.09. The van der Waals surface area contributed by atoms with Gasteiger partial charge in [0.1, 0.15) is 0 Å². The van der Waals surface area contributed by atoms with Crippen LogP contribution < -0.4 is 5.73 Å². The third kappa shape index (κ3) is 3.65. The van der Waals surface area contributed by atoms with Crippen LogP contribution in [0.1, 0.15) is 46.0 Å². The molecular formula is C11H23NO. The van der Waals surface area contributed by atoms with E-state index in [0.717, 1.165) is 18.3 Å². The summed E-state index contributed by atoms with van der Waals surface area (Å²) in [5.74, 6) is 1.61. The summed E-state index contributed by atoms with van der Waals surface area (Å²) in [5, 5.41) is 9.62. The summed E-state index contributed by atoms with van der Waals surface area (Å²) >= 11 is 0. The van der Waals surface area contributed by atoms with Gasteiger partial charge in [0.15, 0.2) is 0 Å². The fraction of sp³-hybridized carbons (Fsp3) is 1.00. The average Bonchev–Trinajstić information content (AvgIpc) is 2.08. The largest absolute Gasteiger partial charge is 0.392 e. The molecule has 2 atom stereocenters. The molecule has 1 aliphatic rings. The quantitative estimate of drug-likeness (QED) is 0.705. The van der Waals surface area contributed by atoms with Crippen molar-refractivity contribution in [1.29, 1.82) is 0 Å². The predicted octanol–water partition coefficient (Wildman–Crippen LogP) is 1.91. The second-order valence-corrected chi connectivity index (χ2v) is 4.79. The normalized spacial score (nSPS) is 34.2. The van der Waals surface area contributed by atoms with Gasteiger partial charge in [0, 0.05) is 6.04 Å². The third-order valence-corrected chi connectivity index (χ3v) is 3.32. The zero-order chi connectivity index (χ0) is 9.84. The second-order valence-electron chi connectivity index (χ2n) is 4.79. The Morgan fingerprint density at radius 2 is 1.85 bits per heavy atom. The van der Waals surface area contributed by atoms with Crippen LogP contribution in [0.25, 0.3) is 0 Å². The molecule has 0 radical (unpaired) electrons. The monoisotopic (exact) mass is 185 g/mol. The first-order valence-corrected chi connectivity index (χ1v) is 5.53. The van der Waals surface area contributed by atoms with E-state index in [9.17, 15) is 5.11 Å². The van der Waals surface area contributed by atoms with E-state index in [2.05, 4.69) is 6.92 Å². The summed E-state index contributed by atoms with van der Waals surface area (Å²) in [6, 6.07) is -0.0700. The minimum absolute atomic E-state index is 0.0700. The Hall–Kier alpha value is -0.0800. The fourth-order valence-electron chi connectivity index (χ4n) is 2.12. The second kappa shape index (κ2) is 4.97. The Labute approximate surface area is 81.5 Å². The van der Waals surface area contributed by atoms with Gasteiger partial charge in [-0.25, -0.2) is 0 Å². The number of nitrogens with two attached hydrogens (primary N) is 1. The van der Waals surface area contributed by atoms with Gasteiger partial charge in [-0.1, -0.05) is 32.6 Å². The van der Waals surface area contributed by atoms with Gasteiger partial charge in [-0.05, 0) is 25.2 Å². The van der Waals surface area contributed by atoms with Crippen molar-refractivity contribution in [3.05, 3.63) is 0 Å². The third-order valence-electron chi connectivity index (χ3n) is 3.32. The average molecular weight is 185 g/mol. The number of hydrogen-bond acceptors (Lipinski definition) is 2. The molecule has 1 saturated carbocycles. The van der Waals surface area contributed by atoms with Crippen LogP contribution >= 0.6 is 0 Å². The van der Waals surface area contributed by atoms with E-state index in [1.165, 1.54) is 25.7 Å². The van der Waals surface area contributed by atoms with Crippen molar-refractivity contribution in [1.82, 2.24) is 0 Å². The molecule has 1 fully saturated rings. The molecule has 0 aromatic heterocycles. The van der Waals surface area contributed by atoms with E-state index < -0.39 is 0 Å². The number of rotatable bonds is 3. The summed E-state index contributed by atoms with van der Waals surface area (Å²) in [6.07, 6.45) is 5.84. The molecule has 0 aliphatic heterocycles. The fourth-order valence-corrected chi connectivity index (χ4v) is 2.12. The van der Waals surface area contributed by atoms with E-state index in [1.54, 1.807) is 0 Å². The van der Waals surface area contributed by atoms with Crippen LogP contribution in [0.5, 0.6) is 0 Å². The summed E-state index contributed by atoms with van der Waals surface area (Å²) in [4.78, 5) is 0. The predicted molar refractivity (Wildman–Crippen MR) is 55.4 cm³/mol. The molecule has 78 valence electrons. The Balaban J connectivity index is 2.22. The minimum atomic E-state index is -0.293. The lowest BCUT2D eigenvalue weighted by Crippen LogP contribution is -2.33. The Morgan fingerprint density at radius 1 is 1.31 bits per heavy atom. The van der Waals surface area contributed by atoms with E-state index in [0.29, 0.717) is 0 Å². The molecule has 3 N–H and O–H groups in total. The van der Waals surface area contributed by atoms with Gasteiger partial charge in [-0.2, -0.15) is 0 Å². The van der Waals surface area contributed by atoms with Gasteiger partial charge in [0.05, 0.1) is 6.10 Å². The van der Waals surface area contributed by atoms with Gasteiger partial charge < -0.3 is 10.8 Å². The van der Waals surface area contributed by atoms with Crippen LogP contribution in [0.3, 0.4) is 0 Å². The first-order valence-electron chi connectivity index (χ1n) is 5.53. The van der Waals surface area contributed by atoms with Crippen molar-refractivity contribution < 1.29 is 5.11 Å². The van der Waals surface area contributed by atoms with Gasteiger partial charge in [-0.15, -0.1) is 0 Å². The lowest BCUT2D eigenvalue weighted by Gasteiger charge is -2.28. The van der Waals surface area contributed by atoms with E-state index in [1.807, 2.05) is 6.92 Å². The minimum Gasteiger partial charge on any atom is -0.392 e. The molecule has 1 rings (SSSR count). The Kier molecular flexibility index (Phi) is 4.20. The highest BCUT2D eigenvalue weighted by atomic mass is 16.3. The lowest BCUT2D eigenvalue weighted by molar-refractivity contribution is 0.106. The van der Waals surface area contributed by atoms with Crippen molar-refractivity contribution in [3.63, 3.8) is 0 Å². The van der Waals surface area contributed by atoms with Crippen molar-refractivity contribution in [2.45, 2.75) is 58.1 Å². The smallest absolute Gasteiger partial charge is 0.0691 e. The maximum absolute atomic E-state index is 9.62. The van der Waals surface area contributed by atoms with Crippen LogP contribution in [0, 0.1) is 11.8 Å². The molecule has 0 aromatic carbocycles. The molecule has 0 heterocycles. The zero-order valence-electron chi connectivity index (χ0n) is 8.87. The van der Waals surface area contributed by atoms with Crippen molar-refractivity contribution in [2.75, 3.05) is 0 Å². The molecule has 2 heteroatoms. The molecule has 1 aliphatic carbocycles. The van der Waals surface area contributed by atoms with E-state index in [-0.39, 0.29) is 12.1 Å². The van der Waals surface area contributed by atoms with Gasteiger partial charge in [0.2, 0.25) is 0 Å². The molecule has 2 unspecified atom stereocenters. The van der Waals surface area contributed by atoms with Crippen LogP contribution in [-0.4, -0.2) is 17.3 Å². The molecule has 2 nitrogen and oxygen atoms in total. The van der Waals surface area contributed by atoms with Crippen LogP contribution in [0.2, 0.25) is 0 Å². The lowest BCUT2D eigenvalue weighted by atomic mass is 9.80. The highest BCUT2D eigenvalue weighted by molar-refractivity contribution is 4.76. The molecule has 0 spiro atoms. The number of aliphatic hydroxyl groups excluding tert-OH is 1. The molecule has 13 heavy (non-hydrogen) atoms. The van der Waals surface area contributed by atoms with E-state index >= 15 is 0 Å². The summed E-state index contributed by atoms with van der Waals surface area (Å²) < 4.78 is 0. The first kappa shape index (κ1) is 11.0. The van der Waals surface area contributed by atoms with Gasteiger partial charge in [-0.3, -0.25) is 0 Å². The van der Waals surface area contributed by atoms with E-state index in [4.69, 9.17) is 5.73 Å². The van der Waals surface area contributed by atoms with Gasteiger partial charge >= 0.3 is 0 Å². The van der Waals surface area contributed by atoms with Crippen molar-refractivity contribution >= 4 is 0 Å². The molecule has 0 aromatic rings. The SMILES string of the molecule is CC1CCC(CC(O)C(C)N)CC1. The molecule has 0 bridgehead atoms. The summed E-state index contributed by atoms with van der Waals surface area (Å²) in [6.45, 7) is 4.20. The van der Waals surface area contributed by atoms with Crippen molar-refractivity contribution in [2.24, 2.45) is 17.6 Å². The number of aliphatic hydroxyl groups is 1. The summed E-state index contributed by atoms with van der Waals surface area (Å²) in [5.41, 5.74) is 5.63. The summed E-state index contributed by atoms with van der Waals surface area (Å²) in [7, 11) is 0. The standard InChI is InChI=1S/C11H23NO/c1-8-3-5-10(6-4-8)7-11(13)9(2)12/h8-11,13H,3-7,12H2,1-2H3. The van der Waals surface area contributed by atoms with Crippen molar-refractivity contribution in [3.8, 4) is 0 Å². The Bertz CT molecular complexity index is 139. The maximum Gasteiger partial charge on any atom is 0.0691 e. The van der Waals surface area contributed by atoms with Crippen LogP contribution in [0.4, 0.5) is 0 Å². The zero-order valence-corrected chi connectivity index (χ0v) is 8.87. The number of hydrogen-bond donors (Lipinski definition) is 2. The Morgan fingerprint density at radius 3 is 2.31 bits per heavy atom. The van der Waals surface area contributed by atoms with Gasteiger partial charge in [0.25, 0.3) is 0 Å². The highest BCUT2D eigenvalue weighted by Gasteiger charge is 2.22. The molecule has 0 amide bonds. The topological polar surface area (TPSA) is 46.2 Å². The molecule has 0 saturated heterocycles. The van der Waals surface area contributed by atoms with Crippen LogP contribution in [-0.2, 0) is 0 Å². The van der Waals surface area contributed by atoms with Crippen LogP contribution in [0.15, 0.2) is 0 Å². The molecular weight excluding hydrogens is 162 g/mol. The highest BCUT2D eigenvalue weighted by Crippen LogP contribution is 2.31.